The summed E-state index contributed by atoms with van der Waals surface area (Å²) in [6.07, 6.45) is 3.87. The van der Waals surface area contributed by atoms with E-state index in [2.05, 4.69) is 30.2 Å². The molecule has 6 nitrogen and oxygen atoms in total. The summed E-state index contributed by atoms with van der Waals surface area (Å²) in [6.45, 7) is 7.41. The van der Waals surface area contributed by atoms with Crippen LogP contribution in [0, 0.1) is 5.41 Å². The quantitative estimate of drug-likeness (QED) is 0.650. The molecule has 2 aromatic carbocycles. The lowest BCUT2D eigenvalue weighted by Crippen LogP contribution is -2.52. The Morgan fingerprint density at radius 2 is 1.58 bits per heavy atom. The first-order valence-electron chi connectivity index (χ1n) is 11.1. The van der Waals surface area contributed by atoms with Gasteiger partial charge in [-0.05, 0) is 49.1 Å². The van der Waals surface area contributed by atoms with Gasteiger partial charge in [0.2, 0.25) is 5.91 Å². The van der Waals surface area contributed by atoms with Crippen LogP contribution in [-0.2, 0) is 11.3 Å². The van der Waals surface area contributed by atoms with E-state index in [0.717, 1.165) is 41.4 Å². The van der Waals surface area contributed by atoms with E-state index in [9.17, 15) is 9.59 Å². The normalized spacial score (nSPS) is 17.7. The van der Waals surface area contributed by atoms with Crippen LogP contribution in [0.5, 0.6) is 0 Å². The molecule has 0 bridgehead atoms. The summed E-state index contributed by atoms with van der Waals surface area (Å²) < 4.78 is 1.99. The third-order valence-corrected chi connectivity index (χ3v) is 6.78. The number of fused-ring (bicyclic) bond motifs is 1. The monoisotopic (exact) mass is 416 g/mol. The van der Waals surface area contributed by atoms with Gasteiger partial charge in [0.25, 0.3) is 5.91 Å². The van der Waals surface area contributed by atoms with Crippen molar-refractivity contribution in [3.63, 3.8) is 0 Å². The second kappa shape index (κ2) is 7.52. The number of amides is 2. The number of aromatic nitrogens is 2. The third-order valence-electron chi connectivity index (χ3n) is 6.78. The zero-order valence-electron chi connectivity index (χ0n) is 18.2. The molecule has 5 rings (SSSR count). The minimum atomic E-state index is -0.139. The van der Waals surface area contributed by atoms with Crippen LogP contribution in [0.2, 0.25) is 0 Å². The maximum atomic E-state index is 13.0. The van der Waals surface area contributed by atoms with Gasteiger partial charge in [0.05, 0.1) is 11.7 Å². The molecule has 31 heavy (non-hydrogen) atoms. The summed E-state index contributed by atoms with van der Waals surface area (Å²) in [5.74, 6) is 0.293. The highest BCUT2D eigenvalue weighted by molar-refractivity contribution is 5.95. The standard InChI is InChI=1S/C25H28N4O2/c1-3-29-22-16-20(8-9-21(22)17-26-29)18-4-6-19(7-5-18)23(30)27-12-14-28(15-13-27)24(31)25(2)10-11-25/h4-9,16-17H,3,10-15H2,1-2H3. The van der Waals surface area contributed by atoms with Crippen LogP contribution in [0.3, 0.4) is 0 Å². The van der Waals surface area contributed by atoms with Crippen molar-refractivity contribution >= 4 is 22.7 Å². The Morgan fingerprint density at radius 3 is 2.23 bits per heavy atom. The maximum Gasteiger partial charge on any atom is 0.253 e. The van der Waals surface area contributed by atoms with E-state index in [1.807, 2.05) is 51.9 Å². The zero-order valence-corrected chi connectivity index (χ0v) is 18.2. The van der Waals surface area contributed by atoms with Crippen molar-refractivity contribution in [1.82, 2.24) is 19.6 Å². The number of carbonyl (C=O) groups excluding carboxylic acids is 2. The fraction of sp³-hybridized carbons (Fsp3) is 0.400. The molecule has 1 aliphatic carbocycles. The number of aryl methyl sites for hydroxylation is 1. The molecule has 1 saturated heterocycles. The average molecular weight is 417 g/mol. The van der Waals surface area contributed by atoms with Crippen LogP contribution in [0.4, 0.5) is 0 Å². The van der Waals surface area contributed by atoms with Gasteiger partial charge in [-0.3, -0.25) is 14.3 Å². The minimum Gasteiger partial charge on any atom is -0.339 e. The van der Waals surface area contributed by atoms with Gasteiger partial charge in [0.1, 0.15) is 0 Å². The summed E-state index contributed by atoms with van der Waals surface area (Å²) in [5.41, 5.74) is 3.86. The molecule has 160 valence electrons. The molecule has 0 atom stereocenters. The van der Waals surface area contributed by atoms with Crippen molar-refractivity contribution < 1.29 is 9.59 Å². The molecule has 2 fully saturated rings. The number of carbonyl (C=O) groups is 2. The molecule has 2 heterocycles. The van der Waals surface area contributed by atoms with Gasteiger partial charge in [-0.15, -0.1) is 0 Å². The van der Waals surface area contributed by atoms with Gasteiger partial charge in [0.15, 0.2) is 0 Å². The summed E-state index contributed by atoms with van der Waals surface area (Å²) in [4.78, 5) is 29.3. The Balaban J connectivity index is 1.27. The Labute approximate surface area is 182 Å². The summed E-state index contributed by atoms with van der Waals surface area (Å²) in [5, 5.41) is 5.54. The van der Waals surface area contributed by atoms with Gasteiger partial charge < -0.3 is 9.80 Å². The van der Waals surface area contributed by atoms with Crippen molar-refractivity contribution in [3.05, 3.63) is 54.2 Å². The van der Waals surface area contributed by atoms with E-state index in [-0.39, 0.29) is 17.2 Å². The fourth-order valence-electron chi connectivity index (χ4n) is 4.39. The molecule has 1 aliphatic heterocycles. The van der Waals surface area contributed by atoms with Crippen molar-refractivity contribution in [3.8, 4) is 11.1 Å². The van der Waals surface area contributed by atoms with Crippen LogP contribution in [0.1, 0.15) is 37.0 Å². The van der Waals surface area contributed by atoms with Crippen molar-refractivity contribution in [1.29, 1.82) is 0 Å². The maximum absolute atomic E-state index is 13.0. The highest BCUT2D eigenvalue weighted by atomic mass is 16.2. The zero-order chi connectivity index (χ0) is 21.6. The predicted molar refractivity (Wildman–Crippen MR) is 121 cm³/mol. The Bertz CT molecular complexity index is 1140. The Hall–Kier alpha value is -3.15. The fourth-order valence-corrected chi connectivity index (χ4v) is 4.39. The molecule has 3 aromatic rings. The van der Waals surface area contributed by atoms with Crippen LogP contribution in [0.25, 0.3) is 22.0 Å². The highest BCUT2D eigenvalue weighted by Crippen LogP contribution is 2.46. The number of rotatable bonds is 4. The topological polar surface area (TPSA) is 58.4 Å². The SMILES string of the molecule is CCn1ncc2ccc(-c3ccc(C(=O)N4CCN(C(=O)C5(C)CC5)CC4)cc3)cc21. The van der Waals surface area contributed by atoms with Gasteiger partial charge in [0, 0.05) is 49.1 Å². The van der Waals surface area contributed by atoms with E-state index in [0.29, 0.717) is 31.7 Å². The lowest BCUT2D eigenvalue weighted by molar-refractivity contribution is -0.137. The highest BCUT2D eigenvalue weighted by Gasteiger charge is 2.47. The first-order chi connectivity index (χ1) is 15.0. The average Bonchev–Trinajstić information content (AvgIpc) is 3.44. The lowest BCUT2D eigenvalue weighted by Gasteiger charge is -2.36. The van der Waals surface area contributed by atoms with Gasteiger partial charge in [-0.1, -0.05) is 31.2 Å². The molecule has 0 unspecified atom stereocenters. The third kappa shape index (κ3) is 3.60. The molecule has 1 saturated carbocycles. The first kappa shape index (κ1) is 19.8. The Morgan fingerprint density at radius 1 is 0.935 bits per heavy atom. The van der Waals surface area contributed by atoms with Crippen LogP contribution in [-0.4, -0.2) is 57.6 Å². The van der Waals surface area contributed by atoms with Gasteiger partial charge in [-0.25, -0.2) is 0 Å². The molecule has 2 amide bonds. The Kier molecular flexibility index (Phi) is 4.80. The van der Waals surface area contributed by atoms with Crippen LogP contribution >= 0.6 is 0 Å². The first-order valence-corrected chi connectivity index (χ1v) is 11.1. The molecule has 0 spiro atoms. The number of benzene rings is 2. The van der Waals surface area contributed by atoms with Gasteiger partial charge >= 0.3 is 0 Å². The second-order valence-corrected chi connectivity index (χ2v) is 8.96. The smallest absolute Gasteiger partial charge is 0.253 e. The van der Waals surface area contributed by atoms with Crippen LogP contribution in [0.15, 0.2) is 48.7 Å². The molecule has 0 N–H and O–H groups in total. The molecule has 1 aromatic heterocycles. The molecule has 0 radical (unpaired) electrons. The van der Waals surface area contributed by atoms with E-state index in [4.69, 9.17) is 0 Å². The number of nitrogens with zero attached hydrogens (tertiary/aromatic N) is 4. The van der Waals surface area contributed by atoms with Crippen molar-refractivity contribution in [2.45, 2.75) is 33.2 Å². The largest absolute Gasteiger partial charge is 0.339 e. The molecular weight excluding hydrogens is 388 g/mol. The molecule has 6 heteroatoms. The molecule has 2 aliphatic rings. The second-order valence-electron chi connectivity index (χ2n) is 8.96. The summed E-state index contributed by atoms with van der Waals surface area (Å²) in [6, 6.07) is 14.2. The van der Waals surface area contributed by atoms with Crippen molar-refractivity contribution in [2.24, 2.45) is 5.41 Å². The molecular formula is C25H28N4O2. The predicted octanol–water partition coefficient (Wildman–Crippen LogP) is 3.81. The minimum absolute atomic E-state index is 0.0378. The number of hydrogen-bond donors (Lipinski definition) is 0. The van der Waals surface area contributed by atoms with Gasteiger partial charge in [-0.2, -0.15) is 5.10 Å². The number of hydrogen-bond acceptors (Lipinski definition) is 3. The van der Waals surface area contributed by atoms with Crippen LogP contribution < -0.4 is 0 Å². The van der Waals surface area contributed by atoms with Crippen molar-refractivity contribution in [2.75, 3.05) is 26.2 Å². The summed E-state index contributed by atoms with van der Waals surface area (Å²) in [7, 11) is 0. The lowest BCUT2D eigenvalue weighted by atomic mass is 10.0. The van der Waals surface area contributed by atoms with E-state index in [1.54, 1.807) is 0 Å². The summed E-state index contributed by atoms with van der Waals surface area (Å²) >= 11 is 0. The van der Waals surface area contributed by atoms with E-state index < -0.39 is 0 Å². The van der Waals surface area contributed by atoms with E-state index in [1.165, 1.54) is 0 Å². The number of piperazine rings is 1. The van der Waals surface area contributed by atoms with E-state index >= 15 is 0 Å².